The number of rotatable bonds is 4. The van der Waals surface area contributed by atoms with Crippen molar-refractivity contribution in [2.45, 2.75) is 23.8 Å². The van der Waals surface area contributed by atoms with E-state index in [1.807, 2.05) is 12.1 Å². The summed E-state index contributed by atoms with van der Waals surface area (Å²) in [5.41, 5.74) is 3.24. The molecular formula is C18H21NO3S. The molecule has 0 radical (unpaired) electrons. The molecule has 4 nitrogen and oxygen atoms in total. The first-order chi connectivity index (χ1) is 10.9. The topological polar surface area (TPSA) is 57.6 Å². The number of benzene rings is 2. The summed E-state index contributed by atoms with van der Waals surface area (Å²) in [4.78, 5) is 2.48. The van der Waals surface area contributed by atoms with E-state index in [4.69, 9.17) is 0 Å². The van der Waals surface area contributed by atoms with Gasteiger partial charge in [0.1, 0.15) is 0 Å². The van der Waals surface area contributed by atoms with Crippen molar-refractivity contribution in [3.63, 3.8) is 0 Å². The van der Waals surface area contributed by atoms with E-state index in [0.29, 0.717) is 6.54 Å². The molecule has 2 aromatic rings. The number of aryl methyl sites for hydroxylation is 1. The molecule has 1 aliphatic heterocycles. The molecule has 5 heteroatoms. The Morgan fingerprint density at radius 1 is 1.13 bits per heavy atom. The van der Waals surface area contributed by atoms with E-state index in [1.165, 1.54) is 17.5 Å². The average molecular weight is 331 g/mol. The highest BCUT2D eigenvalue weighted by Gasteiger charge is 2.20. The predicted octanol–water partition coefficient (Wildman–Crippen LogP) is 2.58. The third kappa shape index (κ3) is 3.57. The Kier molecular flexibility index (Phi) is 4.41. The molecule has 0 bridgehead atoms. The first kappa shape index (κ1) is 16.0. The molecular weight excluding hydrogens is 310 g/mol. The molecule has 1 atom stereocenters. The lowest BCUT2D eigenvalue weighted by molar-refractivity contribution is 0.182. The lowest BCUT2D eigenvalue weighted by Gasteiger charge is -2.33. The number of anilines is 1. The van der Waals surface area contributed by atoms with E-state index in [9.17, 15) is 13.5 Å². The molecule has 1 N–H and O–H groups in total. The van der Waals surface area contributed by atoms with E-state index < -0.39 is 15.9 Å². The lowest BCUT2D eigenvalue weighted by Crippen LogP contribution is -2.33. The Hall–Kier alpha value is -1.85. The van der Waals surface area contributed by atoms with E-state index in [2.05, 4.69) is 17.0 Å². The van der Waals surface area contributed by atoms with Crippen molar-refractivity contribution in [3.05, 3.63) is 59.7 Å². The van der Waals surface area contributed by atoms with Gasteiger partial charge in [0.2, 0.25) is 0 Å². The Morgan fingerprint density at radius 3 is 2.52 bits per heavy atom. The Balaban J connectivity index is 1.76. The van der Waals surface area contributed by atoms with Crippen molar-refractivity contribution in [3.8, 4) is 0 Å². The van der Waals surface area contributed by atoms with Crippen molar-refractivity contribution < 1.29 is 13.5 Å². The molecule has 1 aliphatic rings. The molecule has 1 unspecified atom stereocenters. The van der Waals surface area contributed by atoms with Crippen LogP contribution in [0.15, 0.2) is 53.4 Å². The van der Waals surface area contributed by atoms with Gasteiger partial charge in [-0.1, -0.05) is 30.3 Å². The number of hydrogen-bond donors (Lipinski definition) is 1. The molecule has 0 aliphatic carbocycles. The van der Waals surface area contributed by atoms with Crippen LogP contribution in [0.25, 0.3) is 0 Å². The van der Waals surface area contributed by atoms with Crippen LogP contribution in [0.5, 0.6) is 0 Å². The highest BCUT2D eigenvalue weighted by atomic mass is 32.2. The van der Waals surface area contributed by atoms with Crippen molar-refractivity contribution in [2.24, 2.45) is 0 Å². The molecule has 122 valence electrons. The van der Waals surface area contributed by atoms with Crippen molar-refractivity contribution in [2.75, 3.05) is 24.2 Å². The lowest BCUT2D eigenvalue weighted by atomic mass is 10.0. The number of hydrogen-bond acceptors (Lipinski definition) is 4. The zero-order chi connectivity index (χ0) is 16.4. The van der Waals surface area contributed by atoms with Gasteiger partial charge in [0.05, 0.1) is 11.0 Å². The second-order valence-electron chi connectivity index (χ2n) is 6.04. The van der Waals surface area contributed by atoms with Crippen LogP contribution in [0.2, 0.25) is 0 Å². The van der Waals surface area contributed by atoms with Gasteiger partial charge in [-0.3, -0.25) is 0 Å². The van der Waals surface area contributed by atoms with Crippen molar-refractivity contribution >= 4 is 15.5 Å². The molecule has 3 rings (SSSR count). The number of nitrogens with zero attached hydrogens (tertiary/aromatic N) is 1. The normalized spacial score (nSPS) is 16.0. The first-order valence-corrected chi connectivity index (χ1v) is 9.65. The number of fused-ring (bicyclic) bond motifs is 1. The zero-order valence-electron chi connectivity index (χ0n) is 13.1. The molecule has 2 aromatic carbocycles. The van der Waals surface area contributed by atoms with E-state index in [1.54, 1.807) is 24.3 Å². The molecule has 0 spiro atoms. The predicted molar refractivity (Wildman–Crippen MR) is 91.5 cm³/mol. The van der Waals surface area contributed by atoms with Gasteiger partial charge in [-0.05, 0) is 42.2 Å². The smallest absolute Gasteiger partial charge is 0.175 e. The molecule has 0 fully saturated rings. The Labute approximate surface area is 137 Å². The third-order valence-corrected chi connectivity index (χ3v) is 5.42. The number of β-amino-alcohol motifs (C(OH)–C–C–N with tert-alkyl or cyclic N) is 1. The van der Waals surface area contributed by atoms with E-state index in [-0.39, 0.29) is 4.90 Å². The molecule has 0 aromatic heterocycles. The van der Waals surface area contributed by atoms with Crippen LogP contribution in [-0.2, 0) is 16.3 Å². The summed E-state index contributed by atoms with van der Waals surface area (Å²) in [6.45, 7) is 1.44. The van der Waals surface area contributed by atoms with Crippen LogP contribution in [-0.4, -0.2) is 32.9 Å². The summed E-state index contributed by atoms with van der Waals surface area (Å²) < 4.78 is 23.0. The summed E-state index contributed by atoms with van der Waals surface area (Å²) >= 11 is 0. The highest BCUT2D eigenvalue weighted by molar-refractivity contribution is 7.90. The standard InChI is InChI=1S/C18H21NO3S/c1-23(21,22)16-10-8-15(9-11-16)18(20)13-19-12-4-6-14-5-2-3-7-17(14)19/h2-3,5,7-11,18,20H,4,6,12-13H2,1H3. The minimum atomic E-state index is -3.20. The second kappa shape index (κ2) is 6.34. The van der Waals surface area contributed by atoms with Crippen molar-refractivity contribution in [1.82, 2.24) is 0 Å². The van der Waals surface area contributed by atoms with Gasteiger partial charge in [0.25, 0.3) is 0 Å². The quantitative estimate of drug-likeness (QED) is 0.935. The summed E-state index contributed by atoms with van der Waals surface area (Å²) in [6.07, 6.45) is 2.70. The molecule has 0 amide bonds. The number of para-hydroxylation sites is 1. The number of aliphatic hydroxyl groups is 1. The number of aliphatic hydroxyl groups excluding tert-OH is 1. The Morgan fingerprint density at radius 2 is 1.83 bits per heavy atom. The number of sulfone groups is 1. The van der Waals surface area contributed by atoms with Crippen LogP contribution in [0.4, 0.5) is 5.69 Å². The summed E-state index contributed by atoms with van der Waals surface area (Å²) in [5.74, 6) is 0. The van der Waals surface area contributed by atoms with Crippen LogP contribution < -0.4 is 4.90 Å². The molecule has 0 saturated heterocycles. The fraction of sp³-hybridized carbons (Fsp3) is 0.333. The fourth-order valence-electron chi connectivity index (χ4n) is 3.05. The van der Waals surface area contributed by atoms with Gasteiger partial charge >= 0.3 is 0 Å². The van der Waals surface area contributed by atoms with E-state index >= 15 is 0 Å². The minimum absolute atomic E-state index is 0.275. The van der Waals surface area contributed by atoms with Gasteiger partial charge in [-0.25, -0.2) is 8.42 Å². The second-order valence-corrected chi connectivity index (χ2v) is 8.05. The van der Waals surface area contributed by atoms with Crippen LogP contribution in [0.3, 0.4) is 0 Å². The van der Waals surface area contributed by atoms with Gasteiger partial charge in [-0.15, -0.1) is 0 Å². The average Bonchev–Trinajstić information content (AvgIpc) is 2.54. The van der Waals surface area contributed by atoms with Gasteiger partial charge < -0.3 is 10.0 Å². The van der Waals surface area contributed by atoms with Gasteiger partial charge in [0, 0.05) is 25.0 Å². The molecule has 0 saturated carbocycles. The Bertz CT molecular complexity index is 784. The van der Waals surface area contributed by atoms with Gasteiger partial charge in [0.15, 0.2) is 9.84 Å². The summed E-state index contributed by atoms with van der Waals surface area (Å²) in [7, 11) is -3.20. The highest BCUT2D eigenvalue weighted by Crippen LogP contribution is 2.28. The van der Waals surface area contributed by atoms with Crippen molar-refractivity contribution in [1.29, 1.82) is 0 Å². The minimum Gasteiger partial charge on any atom is -0.387 e. The van der Waals surface area contributed by atoms with E-state index in [0.717, 1.165) is 24.9 Å². The summed E-state index contributed by atoms with van der Waals surface area (Å²) in [5, 5.41) is 10.5. The largest absolute Gasteiger partial charge is 0.387 e. The van der Waals surface area contributed by atoms with Gasteiger partial charge in [-0.2, -0.15) is 0 Å². The molecule has 1 heterocycles. The maximum Gasteiger partial charge on any atom is 0.175 e. The summed E-state index contributed by atoms with van der Waals surface area (Å²) in [6, 6.07) is 14.8. The fourth-order valence-corrected chi connectivity index (χ4v) is 3.68. The maximum absolute atomic E-state index is 11.5. The third-order valence-electron chi connectivity index (χ3n) is 4.29. The SMILES string of the molecule is CS(=O)(=O)c1ccc(C(O)CN2CCCc3ccccc32)cc1. The zero-order valence-corrected chi connectivity index (χ0v) is 14.0. The molecule has 23 heavy (non-hydrogen) atoms. The monoisotopic (exact) mass is 331 g/mol. The van der Waals surface area contributed by atoms with Crippen LogP contribution >= 0.6 is 0 Å². The maximum atomic E-state index is 11.5. The van der Waals surface area contributed by atoms with Crippen LogP contribution in [0, 0.1) is 0 Å². The van der Waals surface area contributed by atoms with Crippen LogP contribution in [0.1, 0.15) is 23.7 Å². The first-order valence-electron chi connectivity index (χ1n) is 7.76.